The molecule has 1 amide bonds. The van der Waals surface area contributed by atoms with Crippen LogP contribution in [0.25, 0.3) is 5.65 Å². The zero-order valence-electron chi connectivity index (χ0n) is 18.0. The number of carbonyl (C=O) groups excluding carboxylic acids is 1. The van der Waals surface area contributed by atoms with E-state index in [4.69, 9.17) is 4.74 Å². The van der Waals surface area contributed by atoms with E-state index in [-0.39, 0.29) is 5.65 Å². The van der Waals surface area contributed by atoms with Gasteiger partial charge >= 0.3 is 11.8 Å². The molecular formula is C21H22F2N6O3. The summed E-state index contributed by atoms with van der Waals surface area (Å²) < 4.78 is 35.6. The topological polar surface area (TPSA) is 95.5 Å². The second-order valence-electron chi connectivity index (χ2n) is 7.96. The van der Waals surface area contributed by atoms with Crippen LogP contribution in [0.2, 0.25) is 0 Å². The number of ether oxygens (including phenoxy) is 1. The Kier molecular flexibility index (Phi) is 6.43. The van der Waals surface area contributed by atoms with E-state index in [1.807, 2.05) is 0 Å². The maximum atomic E-state index is 13.4. The average molecular weight is 444 g/mol. The van der Waals surface area contributed by atoms with Gasteiger partial charge in [-0.05, 0) is 32.9 Å². The molecule has 0 aliphatic carbocycles. The molecule has 168 valence electrons. The van der Waals surface area contributed by atoms with Gasteiger partial charge in [-0.1, -0.05) is 11.8 Å². The number of aryl methyl sites for hydroxylation is 1. The molecule has 0 fully saturated rings. The number of rotatable bonds is 4. The van der Waals surface area contributed by atoms with Crippen molar-refractivity contribution in [1.29, 1.82) is 0 Å². The Morgan fingerprint density at radius 3 is 2.59 bits per heavy atom. The van der Waals surface area contributed by atoms with E-state index in [2.05, 4.69) is 27.4 Å². The summed E-state index contributed by atoms with van der Waals surface area (Å²) in [5.41, 5.74) is -0.246. The minimum absolute atomic E-state index is 0.256. The van der Waals surface area contributed by atoms with E-state index in [1.54, 1.807) is 57.0 Å². The van der Waals surface area contributed by atoms with Crippen LogP contribution in [-0.4, -0.2) is 42.2 Å². The number of amides is 1. The number of nitrogens with zero attached hydrogens (tertiary/aromatic N) is 5. The van der Waals surface area contributed by atoms with Gasteiger partial charge in [0.05, 0.1) is 18.3 Å². The van der Waals surface area contributed by atoms with Crippen LogP contribution in [0.3, 0.4) is 0 Å². The second-order valence-corrected chi connectivity index (χ2v) is 7.96. The first kappa shape index (κ1) is 22.7. The molecule has 3 rings (SSSR count). The summed E-state index contributed by atoms with van der Waals surface area (Å²) in [6.45, 7) is 3.99. The largest absolute Gasteiger partial charge is 0.444 e. The molecule has 0 bridgehead atoms. The third-order valence-electron chi connectivity index (χ3n) is 4.09. The normalized spacial score (nSPS) is 11.1. The highest BCUT2D eigenvalue weighted by Gasteiger charge is 2.18. The van der Waals surface area contributed by atoms with Crippen molar-refractivity contribution in [2.75, 3.05) is 6.54 Å². The molecule has 0 radical (unpaired) electrons. The van der Waals surface area contributed by atoms with Crippen molar-refractivity contribution in [3.63, 3.8) is 0 Å². The molecule has 0 aromatic carbocycles. The van der Waals surface area contributed by atoms with Crippen molar-refractivity contribution in [3.8, 4) is 11.8 Å². The van der Waals surface area contributed by atoms with E-state index in [0.717, 1.165) is 10.2 Å². The van der Waals surface area contributed by atoms with Gasteiger partial charge in [0.1, 0.15) is 5.60 Å². The third-order valence-corrected chi connectivity index (χ3v) is 4.09. The summed E-state index contributed by atoms with van der Waals surface area (Å²) in [6.07, 6.45) is 2.01. The van der Waals surface area contributed by atoms with Crippen molar-refractivity contribution in [2.45, 2.75) is 32.9 Å². The molecule has 0 saturated carbocycles. The van der Waals surface area contributed by atoms with E-state index in [9.17, 15) is 18.4 Å². The first-order chi connectivity index (χ1) is 15.0. The standard InChI is InChI=1S/C21H22F2N6O3/c1-21(2,3)32-19(30)24-11-16(18(22)23)13-29-20(31)28-8-7-14(9-17(28)26-29)5-6-15-10-25-27(4)12-15/h7-10,12H,11,13H2,1-4H3,(H,24,30). The monoisotopic (exact) mass is 444 g/mol. The van der Waals surface area contributed by atoms with Gasteiger partial charge in [-0.3, -0.25) is 9.08 Å². The first-order valence-electron chi connectivity index (χ1n) is 9.61. The maximum Gasteiger partial charge on any atom is 0.407 e. The Morgan fingerprint density at radius 2 is 1.97 bits per heavy atom. The van der Waals surface area contributed by atoms with Gasteiger partial charge in [0.25, 0.3) is 6.08 Å². The number of aromatic nitrogens is 5. The van der Waals surface area contributed by atoms with Crippen LogP contribution >= 0.6 is 0 Å². The summed E-state index contributed by atoms with van der Waals surface area (Å²) in [5, 5.41) is 10.4. The molecule has 0 aliphatic heterocycles. The molecule has 0 unspecified atom stereocenters. The Labute approximate surface area is 182 Å². The molecule has 3 aromatic heterocycles. The fraction of sp³-hybridized carbons (Fsp3) is 0.333. The smallest absolute Gasteiger partial charge is 0.407 e. The highest BCUT2D eigenvalue weighted by atomic mass is 19.3. The van der Waals surface area contributed by atoms with E-state index < -0.39 is 42.1 Å². The third kappa shape index (κ3) is 5.81. The van der Waals surface area contributed by atoms with Crippen molar-refractivity contribution >= 4 is 11.7 Å². The molecule has 11 heteroatoms. The first-order valence-corrected chi connectivity index (χ1v) is 9.61. The van der Waals surface area contributed by atoms with Crippen LogP contribution in [-0.2, 0) is 18.3 Å². The molecule has 0 spiro atoms. The van der Waals surface area contributed by atoms with Gasteiger partial charge in [-0.15, -0.1) is 5.10 Å². The van der Waals surface area contributed by atoms with Gasteiger partial charge in [0.2, 0.25) is 0 Å². The van der Waals surface area contributed by atoms with Gasteiger partial charge < -0.3 is 10.1 Å². The van der Waals surface area contributed by atoms with Crippen molar-refractivity contribution in [1.82, 2.24) is 29.3 Å². The van der Waals surface area contributed by atoms with Crippen LogP contribution in [0, 0.1) is 11.8 Å². The lowest BCUT2D eigenvalue weighted by Gasteiger charge is -2.19. The maximum absolute atomic E-state index is 13.4. The predicted octanol–water partition coefficient (Wildman–Crippen LogP) is 2.30. The summed E-state index contributed by atoms with van der Waals surface area (Å²) in [6, 6.07) is 3.20. The average Bonchev–Trinajstić information content (AvgIpc) is 3.24. The van der Waals surface area contributed by atoms with Crippen LogP contribution in [0.15, 0.2) is 47.2 Å². The summed E-state index contributed by atoms with van der Waals surface area (Å²) in [4.78, 5) is 24.3. The SMILES string of the molecule is Cn1cc(C#Cc2ccn3c(=O)n(CC(CNC(=O)OC(C)(C)C)=C(F)F)nc3c2)cn1. The van der Waals surface area contributed by atoms with Crippen LogP contribution < -0.4 is 11.0 Å². The molecule has 9 nitrogen and oxygen atoms in total. The number of hydrogen-bond donors (Lipinski definition) is 1. The molecular weight excluding hydrogens is 422 g/mol. The fourth-order valence-corrected chi connectivity index (χ4v) is 2.68. The van der Waals surface area contributed by atoms with E-state index in [0.29, 0.717) is 5.56 Å². The highest BCUT2D eigenvalue weighted by Crippen LogP contribution is 2.11. The molecule has 3 heterocycles. The quantitative estimate of drug-likeness (QED) is 0.623. The number of fused-ring (bicyclic) bond motifs is 1. The van der Waals surface area contributed by atoms with Crippen molar-refractivity contribution < 1.29 is 18.3 Å². The van der Waals surface area contributed by atoms with Gasteiger partial charge in [-0.25, -0.2) is 14.3 Å². The van der Waals surface area contributed by atoms with Crippen LogP contribution in [0.4, 0.5) is 13.6 Å². The van der Waals surface area contributed by atoms with Crippen LogP contribution in [0.1, 0.15) is 31.9 Å². The number of alkyl carbamates (subject to hydrolysis) is 1. The molecule has 1 N–H and O–H groups in total. The van der Waals surface area contributed by atoms with Gasteiger partial charge in [0, 0.05) is 37.1 Å². The van der Waals surface area contributed by atoms with Crippen LogP contribution in [0.5, 0.6) is 0 Å². The van der Waals surface area contributed by atoms with Gasteiger partial charge in [-0.2, -0.15) is 13.9 Å². The zero-order chi connectivity index (χ0) is 23.5. The summed E-state index contributed by atoms with van der Waals surface area (Å²) in [5.74, 6) is 5.89. The lowest BCUT2D eigenvalue weighted by Crippen LogP contribution is -2.34. The summed E-state index contributed by atoms with van der Waals surface area (Å²) in [7, 11) is 1.78. The highest BCUT2D eigenvalue weighted by molar-refractivity contribution is 5.68. The predicted molar refractivity (Wildman–Crippen MR) is 112 cm³/mol. The molecule has 0 atom stereocenters. The summed E-state index contributed by atoms with van der Waals surface area (Å²) >= 11 is 0. The number of pyridine rings is 1. The minimum atomic E-state index is -2.01. The fourth-order valence-electron chi connectivity index (χ4n) is 2.68. The number of nitrogens with one attached hydrogen (secondary N) is 1. The molecule has 3 aromatic rings. The Balaban J connectivity index is 1.78. The number of halogens is 2. The zero-order valence-corrected chi connectivity index (χ0v) is 18.0. The number of hydrogen-bond acceptors (Lipinski definition) is 5. The van der Waals surface area contributed by atoms with Gasteiger partial charge in [0.15, 0.2) is 5.65 Å². The molecule has 0 aliphatic rings. The van der Waals surface area contributed by atoms with Crippen molar-refractivity contribution in [2.24, 2.45) is 7.05 Å². The van der Waals surface area contributed by atoms with Crippen molar-refractivity contribution in [3.05, 3.63) is 64.0 Å². The number of carbonyl (C=O) groups is 1. The minimum Gasteiger partial charge on any atom is -0.444 e. The lowest BCUT2D eigenvalue weighted by atomic mass is 10.2. The molecule has 0 saturated heterocycles. The second kappa shape index (κ2) is 9.05. The lowest BCUT2D eigenvalue weighted by molar-refractivity contribution is 0.0531. The Hall–Kier alpha value is -3.94. The van der Waals surface area contributed by atoms with E-state index >= 15 is 0 Å². The Morgan fingerprint density at radius 1 is 1.25 bits per heavy atom. The molecule has 32 heavy (non-hydrogen) atoms. The van der Waals surface area contributed by atoms with E-state index in [1.165, 1.54) is 10.6 Å². The Bertz CT molecular complexity index is 1300.